The number of likely N-dealkylation sites (N-methyl/N-ethyl adjacent to an activating group) is 1. The minimum atomic E-state index is -0.856. The van der Waals surface area contributed by atoms with E-state index in [1.807, 2.05) is 16.2 Å². The average molecular weight is 368 g/mol. The van der Waals surface area contributed by atoms with Crippen LogP contribution in [0.15, 0.2) is 6.07 Å². The zero-order valence-corrected chi connectivity index (χ0v) is 16.1. The second-order valence-electron chi connectivity index (χ2n) is 6.72. The second-order valence-corrected chi connectivity index (χ2v) is 8.18. The molecule has 0 spiro atoms. The standard InChI is InChI=1S/C18H28N2O4S/c1-13-9-15(14(2)25-13)5-4-6-17(21)20-7-8-24-16(11-20)10-19(3)12-18(22)23/h9,16H,4-8,10-12H2,1-3H3,(H,22,23). The monoisotopic (exact) mass is 368 g/mol. The van der Waals surface area contributed by atoms with Gasteiger partial charge in [0.25, 0.3) is 0 Å². The van der Waals surface area contributed by atoms with E-state index in [0.29, 0.717) is 32.7 Å². The van der Waals surface area contributed by atoms with Crippen molar-refractivity contribution in [2.45, 2.75) is 39.2 Å². The fourth-order valence-electron chi connectivity index (χ4n) is 3.22. The molecule has 0 bridgehead atoms. The summed E-state index contributed by atoms with van der Waals surface area (Å²) in [4.78, 5) is 29.4. The fourth-order valence-corrected chi connectivity index (χ4v) is 4.20. The second kappa shape index (κ2) is 9.31. The van der Waals surface area contributed by atoms with E-state index in [9.17, 15) is 9.59 Å². The Kier molecular flexibility index (Phi) is 7.40. The zero-order valence-electron chi connectivity index (χ0n) is 15.3. The fraction of sp³-hybridized carbons (Fsp3) is 0.667. The van der Waals surface area contributed by atoms with Gasteiger partial charge in [-0.3, -0.25) is 14.5 Å². The smallest absolute Gasteiger partial charge is 0.317 e. The maximum atomic E-state index is 12.5. The molecule has 140 valence electrons. The van der Waals surface area contributed by atoms with E-state index < -0.39 is 5.97 Å². The molecule has 1 aliphatic heterocycles. The lowest BCUT2D eigenvalue weighted by Gasteiger charge is -2.34. The Labute approximate surface area is 153 Å². The van der Waals surface area contributed by atoms with Crippen LogP contribution in [-0.2, 0) is 20.7 Å². The van der Waals surface area contributed by atoms with Gasteiger partial charge in [0, 0.05) is 35.8 Å². The molecule has 2 heterocycles. The van der Waals surface area contributed by atoms with Gasteiger partial charge in [0.05, 0.1) is 19.3 Å². The molecule has 1 saturated heterocycles. The molecule has 1 unspecified atom stereocenters. The highest BCUT2D eigenvalue weighted by molar-refractivity contribution is 7.12. The van der Waals surface area contributed by atoms with Crippen LogP contribution in [0.4, 0.5) is 0 Å². The van der Waals surface area contributed by atoms with E-state index in [0.717, 1.165) is 12.8 Å². The van der Waals surface area contributed by atoms with Gasteiger partial charge in [0.1, 0.15) is 0 Å². The number of carbonyl (C=O) groups excluding carboxylic acids is 1. The third-order valence-electron chi connectivity index (χ3n) is 4.39. The molecule has 0 aliphatic carbocycles. The lowest BCUT2D eigenvalue weighted by atomic mass is 10.1. The Balaban J connectivity index is 1.75. The van der Waals surface area contributed by atoms with E-state index in [4.69, 9.17) is 9.84 Å². The molecule has 1 aliphatic rings. The lowest BCUT2D eigenvalue weighted by molar-refractivity contribution is -0.142. The van der Waals surface area contributed by atoms with Gasteiger partial charge in [-0.15, -0.1) is 11.3 Å². The number of morpholine rings is 1. The van der Waals surface area contributed by atoms with E-state index in [2.05, 4.69) is 19.9 Å². The number of carboxylic acids is 1. The van der Waals surface area contributed by atoms with Gasteiger partial charge in [-0.05, 0) is 45.4 Å². The van der Waals surface area contributed by atoms with E-state index in [-0.39, 0.29) is 18.6 Å². The number of hydrogen-bond acceptors (Lipinski definition) is 5. The molecule has 1 amide bonds. The Morgan fingerprint density at radius 3 is 2.84 bits per heavy atom. The largest absolute Gasteiger partial charge is 0.480 e. The third kappa shape index (κ3) is 6.41. The van der Waals surface area contributed by atoms with Gasteiger partial charge in [-0.1, -0.05) is 0 Å². The van der Waals surface area contributed by atoms with Crippen LogP contribution in [0.2, 0.25) is 0 Å². The molecule has 25 heavy (non-hydrogen) atoms. The normalized spacial score (nSPS) is 17.9. The molecule has 1 aromatic heterocycles. The summed E-state index contributed by atoms with van der Waals surface area (Å²) in [6, 6.07) is 2.22. The van der Waals surface area contributed by atoms with Crippen LogP contribution in [0.25, 0.3) is 0 Å². The number of ether oxygens (including phenoxy) is 1. The first-order valence-electron chi connectivity index (χ1n) is 8.70. The predicted octanol–water partition coefficient (Wildman–Crippen LogP) is 1.93. The molecule has 0 aromatic carbocycles. The number of aliphatic carboxylic acids is 1. The maximum Gasteiger partial charge on any atom is 0.317 e. The predicted molar refractivity (Wildman–Crippen MR) is 98.2 cm³/mol. The van der Waals surface area contributed by atoms with Crippen molar-refractivity contribution >= 4 is 23.2 Å². The van der Waals surface area contributed by atoms with Gasteiger partial charge in [0.2, 0.25) is 5.91 Å². The molecule has 0 radical (unpaired) electrons. The molecule has 2 rings (SSSR count). The van der Waals surface area contributed by atoms with Crippen LogP contribution in [-0.4, -0.2) is 72.7 Å². The Hall–Kier alpha value is -1.44. The Morgan fingerprint density at radius 1 is 1.44 bits per heavy atom. The first-order chi connectivity index (χ1) is 11.8. The summed E-state index contributed by atoms with van der Waals surface area (Å²) < 4.78 is 5.68. The van der Waals surface area contributed by atoms with E-state index in [1.54, 1.807) is 11.9 Å². The Morgan fingerprint density at radius 2 is 2.20 bits per heavy atom. The minimum Gasteiger partial charge on any atom is -0.480 e. The number of thiophene rings is 1. The van der Waals surface area contributed by atoms with Crippen LogP contribution < -0.4 is 0 Å². The number of amides is 1. The van der Waals surface area contributed by atoms with Crippen molar-refractivity contribution in [1.29, 1.82) is 0 Å². The van der Waals surface area contributed by atoms with Crippen molar-refractivity contribution in [2.24, 2.45) is 0 Å². The summed E-state index contributed by atoms with van der Waals surface area (Å²) in [6.07, 6.45) is 2.23. The molecule has 1 atom stereocenters. The summed E-state index contributed by atoms with van der Waals surface area (Å²) in [6.45, 7) is 6.42. The molecule has 7 heteroatoms. The van der Waals surface area contributed by atoms with E-state index >= 15 is 0 Å². The van der Waals surface area contributed by atoms with Gasteiger partial charge in [0.15, 0.2) is 0 Å². The first-order valence-corrected chi connectivity index (χ1v) is 9.52. The summed E-state index contributed by atoms with van der Waals surface area (Å²) in [5.74, 6) is -0.691. The SMILES string of the molecule is Cc1cc(CCCC(=O)N2CCOC(CN(C)CC(=O)O)C2)c(C)s1. The van der Waals surface area contributed by atoms with Crippen molar-refractivity contribution in [1.82, 2.24) is 9.80 Å². The number of carbonyl (C=O) groups is 2. The van der Waals surface area contributed by atoms with Crippen LogP contribution in [0.1, 0.15) is 28.2 Å². The van der Waals surface area contributed by atoms with Crippen molar-refractivity contribution in [3.05, 3.63) is 21.4 Å². The van der Waals surface area contributed by atoms with Gasteiger partial charge in [-0.25, -0.2) is 0 Å². The summed E-state index contributed by atoms with van der Waals surface area (Å²) in [5, 5.41) is 8.82. The average Bonchev–Trinajstić information content (AvgIpc) is 2.84. The first kappa shape index (κ1) is 19.9. The third-order valence-corrected chi connectivity index (χ3v) is 5.40. The van der Waals surface area contributed by atoms with Crippen LogP contribution in [0.5, 0.6) is 0 Å². The summed E-state index contributed by atoms with van der Waals surface area (Å²) >= 11 is 1.81. The van der Waals surface area contributed by atoms with Crippen LogP contribution in [0.3, 0.4) is 0 Å². The summed E-state index contributed by atoms with van der Waals surface area (Å²) in [5.41, 5.74) is 1.35. The number of carboxylic acid groups (broad SMARTS) is 1. The molecular weight excluding hydrogens is 340 g/mol. The molecule has 1 N–H and O–H groups in total. The minimum absolute atomic E-state index is 0.0206. The summed E-state index contributed by atoms with van der Waals surface area (Å²) in [7, 11) is 1.75. The van der Waals surface area contributed by atoms with Crippen LogP contribution in [0, 0.1) is 13.8 Å². The van der Waals surface area contributed by atoms with Crippen molar-refractivity contribution in [2.75, 3.05) is 39.8 Å². The highest BCUT2D eigenvalue weighted by Gasteiger charge is 2.25. The molecular formula is C18H28N2O4S. The number of rotatable bonds is 8. The molecule has 6 nitrogen and oxygen atoms in total. The molecule has 1 fully saturated rings. The highest BCUT2D eigenvalue weighted by atomic mass is 32.1. The zero-order chi connectivity index (χ0) is 18.4. The van der Waals surface area contributed by atoms with Crippen molar-refractivity contribution in [3.8, 4) is 0 Å². The van der Waals surface area contributed by atoms with Gasteiger partial charge < -0.3 is 14.7 Å². The number of aryl methyl sites for hydroxylation is 3. The molecule has 1 aromatic rings. The lowest BCUT2D eigenvalue weighted by Crippen LogP contribution is -2.49. The van der Waals surface area contributed by atoms with Crippen molar-refractivity contribution < 1.29 is 19.4 Å². The van der Waals surface area contributed by atoms with E-state index in [1.165, 1.54) is 15.3 Å². The van der Waals surface area contributed by atoms with Gasteiger partial charge >= 0.3 is 5.97 Å². The highest BCUT2D eigenvalue weighted by Crippen LogP contribution is 2.22. The number of hydrogen-bond donors (Lipinski definition) is 1. The number of nitrogens with zero attached hydrogens (tertiary/aromatic N) is 2. The quantitative estimate of drug-likeness (QED) is 0.759. The Bertz CT molecular complexity index is 602. The maximum absolute atomic E-state index is 12.5. The van der Waals surface area contributed by atoms with Crippen LogP contribution >= 0.6 is 11.3 Å². The van der Waals surface area contributed by atoms with Crippen molar-refractivity contribution in [3.63, 3.8) is 0 Å². The van der Waals surface area contributed by atoms with Gasteiger partial charge in [-0.2, -0.15) is 0 Å². The molecule has 0 saturated carbocycles. The topological polar surface area (TPSA) is 70.1 Å².